The molecule has 27 heavy (non-hydrogen) atoms. The van der Waals surface area contributed by atoms with Crippen LogP contribution in [0.25, 0.3) is 10.8 Å². The fourth-order valence-electron chi connectivity index (χ4n) is 2.70. The molecule has 3 aromatic rings. The van der Waals surface area contributed by atoms with Crippen molar-refractivity contribution in [2.45, 2.75) is 19.8 Å². The first-order valence-electron chi connectivity index (χ1n) is 9.00. The lowest BCUT2D eigenvalue weighted by molar-refractivity contribution is 0.0977. The second-order valence-electron chi connectivity index (χ2n) is 6.16. The standard InChI is InChI=1S/C22H22N2O2S/c1-2-3-15-26-18-13-11-17(12-14-18)21(25)24-22(27)23-20-10-6-8-16-7-4-5-9-19(16)20/h4-14H,2-3,15H2,1H3,(H2,23,24,25,27). The molecule has 0 radical (unpaired) electrons. The van der Waals surface area contributed by atoms with Crippen molar-refractivity contribution in [3.05, 3.63) is 72.3 Å². The number of amides is 1. The highest BCUT2D eigenvalue weighted by atomic mass is 32.1. The van der Waals surface area contributed by atoms with E-state index in [1.165, 1.54) is 0 Å². The van der Waals surface area contributed by atoms with Gasteiger partial charge in [-0.25, -0.2) is 0 Å². The number of hydrogen-bond donors (Lipinski definition) is 2. The van der Waals surface area contributed by atoms with Crippen LogP contribution in [-0.2, 0) is 0 Å². The molecule has 4 nitrogen and oxygen atoms in total. The minimum absolute atomic E-state index is 0.257. The van der Waals surface area contributed by atoms with Crippen LogP contribution in [0.15, 0.2) is 66.7 Å². The van der Waals surface area contributed by atoms with E-state index in [0.717, 1.165) is 35.1 Å². The molecule has 0 aliphatic heterocycles. The summed E-state index contributed by atoms with van der Waals surface area (Å²) in [5.74, 6) is 0.504. The van der Waals surface area contributed by atoms with Crippen molar-refractivity contribution >= 4 is 39.7 Å². The molecule has 0 bridgehead atoms. The Kier molecular flexibility index (Phi) is 6.39. The first-order valence-corrected chi connectivity index (χ1v) is 9.41. The normalized spacial score (nSPS) is 10.4. The summed E-state index contributed by atoms with van der Waals surface area (Å²) in [7, 11) is 0. The van der Waals surface area contributed by atoms with E-state index in [0.29, 0.717) is 12.2 Å². The van der Waals surface area contributed by atoms with Crippen LogP contribution in [0.1, 0.15) is 30.1 Å². The van der Waals surface area contributed by atoms with Crippen LogP contribution < -0.4 is 15.4 Å². The second kappa shape index (κ2) is 9.14. The summed E-state index contributed by atoms with van der Waals surface area (Å²) in [6, 6.07) is 21.0. The highest BCUT2D eigenvalue weighted by molar-refractivity contribution is 7.80. The van der Waals surface area contributed by atoms with Gasteiger partial charge >= 0.3 is 0 Å². The molecule has 3 rings (SSSR count). The summed E-state index contributed by atoms with van der Waals surface area (Å²) in [5.41, 5.74) is 1.39. The number of ether oxygens (including phenoxy) is 1. The van der Waals surface area contributed by atoms with Gasteiger partial charge in [0.15, 0.2) is 5.11 Å². The van der Waals surface area contributed by atoms with Crippen molar-refractivity contribution in [1.29, 1.82) is 0 Å². The number of anilines is 1. The van der Waals surface area contributed by atoms with E-state index in [4.69, 9.17) is 17.0 Å². The monoisotopic (exact) mass is 378 g/mol. The third-order valence-corrected chi connectivity index (χ3v) is 4.35. The van der Waals surface area contributed by atoms with Crippen molar-refractivity contribution in [3.8, 4) is 5.75 Å². The molecule has 0 unspecified atom stereocenters. The van der Waals surface area contributed by atoms with Crippen molar-refractivity contribution in [1.82, 2.24) is 5.32 Å². The van der Waals surface area contributed by atoms with E-state index in [9.17, 15) is 4.79 Å². The van der Waals surface area contributed by atoms with Crippen molar-refractivity contribution in [2.24, 2.45) is 0 Å². The Balaban J connectivity index is 1.61. The van der Waals surface area contributed by atoms with E-state index >= 15 is 0 Å². The smallest absolute Gasteiger partial charge is 0.257 e. The molecular weight excluding hydrogens is 356 g/mol. The zero-order valence-corrected chi connectivity index (χ0v) is 16.0. The molecule has 0 saturated carbocycles. The molecule has 0 aliphatic carbocycles. The molecule has 0 heterocycles. The summed E-state index contributed by atoms with van der Waals surface area (Å²) < 4.78 is 5.61. The van der Waals surface area contributed by atoms with Gasteiger partial charge < -0.3 is 10.1 Å². The maximum Gasteiger partial charge on any atom is 0.257 e. The van der Waals surface area contributed by atoms with Crippen LogP contribution in [0.2, 0.25) is 0 Å². The lowest BCUT2D eigenvalue weighted by Gasteiger charge is -2.12. The van der Waals surface area contributed by atoms with Crippen LogP contribution in [0.3, 0.4) is 0 Å². The number of hydrogen-bond acceptors (Lipinski definition) is 3. The third kappa shape index (κ3) is 5.05. The van der Waals surface area contributed by atoms with Crippen molar-refractivity contribution in [2.75, 3.05) is 11.9 Å². The SMILES string of the molecule is CCCCOc1ccc(C(=O)NC(=S)Nc2cccc3ccccc23)cc1. The predicted octanol–water partition coefficient (Wildman–Crippen LogP) is 5.15. The largest absolute Gasteiger partial charge is 0.494 e. The molecule has 3 aromatic carbocycles. The van der Waals surface area contributed by atoms with Gasteiger partial charge in [-0.3, -0.25) is 10.1 Å². The van der Waals surface area contributed by atoms with Crippen molar-refractivity contribution in [3.63, 3.8) is 0 Å². The van der Waals surface area contributed by atoms with Crippen LogP contribution in [0, 0.1) is 0 Å². The van der Waals surface area contributed by atoms with E-state index < -0.39 is 0 Å². The average molecular weight is 378 g/mol. The lowest BCUT2D eigenvalue weighted by Crippen LogP contribution is -2.34. The molecule has 0 fully saturated rings. The highest BCUT2D eigenvalue weighted by Gasteiger charge is 2.09. The quantitative estimate of drug-likeness (QED) is 0.460. The number of carbonyl (C=O) groups is 1. The fourth-order valence-corrected chi connectivity index (χ4v) is 2.90. The van der Waals surface area contributed by atoms with Gasteiger partial charge in [0.1, 0.15) is 5.75 Å². The number of unbranched alkanes of at least 4 members (excludes halogenated alkanes) is 1. The molecule has 0 aromatic heterocycles. The molecule has 1 amide bonds. The van der Waals surface area contributed by atoms with Gasteiger partial charge in [0.2, 0.25) is 0 Å². The molecule has 5 heteroatoms. The number of nitrogens with one attached hydrogen (secondary N) is 2. The van der Waals surface area contributed by atoms with E-state index in [1.54, 1.807) is 24.3 Å². The van der Waals surface area contributed by atoms with Gasteiger partial charge in [-0.2, -0.15) is 0 Å². The van der Waals surface area contributed by atoms with Crippen LogP contribution >= 0.6 is 12.2 Å². The number of benzene rings is 3. The molecular formula is C22H22N2O2S. The van der Waals surface area contributed by atoms with Crippen LogP contribution in [0.4, 0.5) is 5.69 Å². The minimum Gasteiger partial charge on any atom is -0.494 e. The molecule has 0 spiro atoms. The first-order chi connectivity index (χ1) is 13.2. The molecule has 0 atom stereocenters. The zero-order valence-electron chi connectivity index (χ0n) is 15.2. The Morgan fingerprint density at radius 3 is 2.52 bits per heavy atom. The van der Waals surface area contributed by atoms with Gasteiger partial charge in [-0.15, -0.1) is 0 Å². The molecule has 0 saturated heterocycles. The Morgan fingerprint density at radius 2 is 1.74 bits per heavy atom. The Bertz CT molecular complexity index is 933. The Hall–Kier alpha value is -2.92. The molecule has 138 valence electrons. The fraction of sp³-hybridized carbons (Fsp3) is 0.182. The van der Waals surface area contributed by atoms with Crippen LogP contribution in [0.5, 0.6) is 5.75 Å². The third-order valence-electron chi connectivity index (χ3n) is 4.15. The Labute approximate surface area is 164 Å². The minimum atomic E-state index is -0.257. The summed E-state index contributed by atoms with van der Waals surface area (Å²) in [6.07, 6.45) is 2.10. The first kappa shape index (κ1) is 18.9. The second-order valence-corrected chi connectivity index (χ2v) is 6.57. The van der Waals surface area contributed by atoms with Crippen molar-refractivity contribution < 1.29 is 9.53 Å². The maximum absolute atomic E-state index is 12.4. The number of carbonyl (C=O) groups excluding carboxylic acids is 1. The van der Waals surface area contributed by atoms with E-state index in [2.05, 4.69) is 17.6 Å². The summed E-state index contributed by atoms with van der Waals surface area (Å²) in [5, 5.41) is 8.24. The predicted molar refractivity (Wildman–Crippen MR) is 114 cm³/mol. The van der Waals surface area contributed by atoms with Gasteiger partial charge in [-0.1, -0.05) is 49.7 Å². The highest BCUT2D eigenvalue weighted by Crippen LogP contribution is 2.22. The van der Waals surface area contributed by atoms with Gasteiger partial charge in [0.25, 0.3) is 5.91 Å². The number of thiocarbonyl (C=S) groups is 1. The molecule has 0 aliphatic rings. The Morgan fingerprint density at radius 1 is 1.00 bits per heavy atom. The van der Waals surface area contributed by atoms with Gasteiger partial charge in [-0.05, 0) is 54.4 Å². The molecule has 2 N–H and O–H groups in total. The summed E-state index contributed by atoms with van der Waals surface area (Å²) in [4.78, 5) is 12.4. The zero-order chi connectivity index (χ0) is 19.1. The summed E-state index contributed by atoms with van der Waals surface area (Å²) >= 11 is 5.30. The van der Waals surface area contributed by atoms with Crippen LogP contribution in [-0.4, -0.2) is 17.6 Å². The van der Waals surface area contributed by atoms with Gasteiger partial charge in [0, 0.05) is 16.6 Å². The van der Waals surface area contributed by atoms with Gasteiger partial charge in [0.05, 0.1) is 6.61 Å². The van der Waals surface area contributed by atoms with E-state index in [-0.39, 0.29) is 11.0 Å². The summed E-state index contributed by atoms with van der Waals surface area (Å²) in [6.45, 7) is 2.80. The number of rotatable bonds is 6. The average Bonchev–Trinajstić information content (AvgIpc) is 2.69. The lowest BCUT2D eigenvalue weighted by atomic mass is 10.1. The number of fused-ring (bicyclic) bond motifs is 1. The maximum atomic E-state index is 12.4. The van der Waals surface area contributed by atoms with E-state index in [1.807, 2.05) is 42.5 Å². The topological polar surface area (TPSA) is 50.4 Å².